The van der Waals surface area contributed by atoms with Gasteiger partial charge in [0.2, 0.25) is 15.9 Å². The van der Waals surface area contributed by atoms with E-state index >= 15 is 0 Å². The maximum Gasteiger partial charge on any atom is 0.243 e. The summed E-state index contributed by atoms with van der Waals surface area (Å²) in [6.07, 6.45) is 1.63. The molecule has 0 radical (unpaired) electrons. The highest BCUT2D eigenvalue weighted by Crippen LogP contribution is 2.36. The monoisotopic (exact) mass is 338 g/mol. The van der Waals surface area contributed by atoms with Gasteiger partial charge < -0.3 is 5.73 Å². The zero-order chi connectivity index (χ0) is 17.3. The van der Waals surface area contributed by atoms with E-state index in [1.807, 2.05) is 19.1 Å². The number of amides is 1. The molecule has 0 atom stereocenters. The molecule has 1 heterocycles. The first-order valence-electron chi connectivity index (χ1n) is 8.13. The molecule has 0 bridgehead atoms. The van der Waals surface area contributed by atoms with Crippen molar-refractivity contribution in [3.8, 4) is 0 Å². The highest BCUT2D eigenvalue weighted by atomic mass is 32.2. The Bertz CT molecular complexity index is 658. The normalized spacial score (nSPS) is 19.0. The first kappa shape index (κ1) is 17.9. The maximum absolute atomic E-state index is 12.7. The number of hydrogen-bond donors (Lipinski definition) is 1. The van der Waals surface area contributed by atoms with Crippen molar-refractivity contribution in [2.45, 2.75) is 50.8 Å². The van der Waals surface area contributed by atoms with Crippen LogP contribution in [0.2, 0.25) is 0 Å². The summed E-state index contributed by atoms with van der Waals surface area (Å²) in [7, 11) is -3.51. The van der Waals surface area contributed by atoms with Gasteiger partial charge in [-0.15, -0.1) is 0 Å². The molecule has 128 valence electrons. The summed E-state index contributed by atoms with van der Waals surface area (Å²) < 4.78 is 27.0. The molecule has 2 N–H and O–H groups in total. The zero-order valence-corrected chi connectivity index (χ0v) is 14.9. The Morgan fingerprint density at radius 1 is 1.22 bits per heavy atom. The topological polar surface area (TPSA) is 80.5 Å². The molecule has 1 fully saturated rings. The predicted octanol–water partition coefficient (Wildman–Crippen LogP) is 2.48. The van der Waals surface area contributed by atoms with Crippen LogP contribution in [0.5, 0.6) is 0 Å². The third-order valence-electron chi connectivity index (χ3n) is 5.06. The Morgan fingerprint density at radius 3 is 2.13 bits per heavy atom. The van der Waals surface area contributed by atoms with E-state index < -0.39 is 15.4 Å². The zero-order valence-electron chi connectivity index (χ0n) is 14.1. The van der Waals surface area contributed by atoms with E-state index in [9.17, 15) is 13.2 Å². The summed E-state index contributed by atoms with van der Waals surface area (Å²) in [4.78, 5) is 12.0. The van der Waals surface area contributed by atoms with Crippen LogP contribution in [0, 0.1) is 5.41 Å². The van der Waals surface area contributed by atoms with Crippen LogP contribution in [0.3, 0.4) is 0 Å². The van der Waals surface area contributed by atoms with Gasteiger partial charge in [-0.1, -0.05) is 32.9 Å². The highest BCUT2D eigenvalue weighted by molar-refractivity contribution is 7.89. The average molecular weight is 338 g/mol. The fraction of sp³-hybridized carbons (Fsp3) is 0.588. The van der Waals surface area contributed by atoms with Crippen molar-refractivity contribution in [1.82, 2.24) is 4.31 Å². The van der Waals surface area contributed by atoms with Crippen LogP contribution in [0.15, 0.2) is 29.2 Å². The molecule has 1 amide bonds. The van der Waals surface area contributed by atoms with Gasteiger partial charge in [-0.05, 0) is 42.9 Å². The molecule has 0 unspecified atom stereocenters. The minimum Gasteiger partial charge on any atom is -0.369 e. The molecule has 23 heavy (non-hydrogen) atoms. The van der Waals surface area contributed by atoms with E-state index in [1.54, 1.807) is 12.1 Å². The minimum atomic E-state index is -3.51. The lowest BCUT2D eigenvalue weighted by Gasteiger charge is -2.38. The number of carbonyl (C=O) groups is 1. The molecule has 5 nitrogen and oxygen atoms in total. The lowest BCUT2D eigenvalue weighted by Crippen LogP contribution is -2.48. The van der Waals surface area contributed by atoms with Crippen LogP contribution < -0.4 is 5.73 Å². The lowest BCUT2D eigenvalue weighted by atomic mass is 9.76. The third kappa shape index (κ3) is 3.43. The van der Waals surface area contributed by atoms with Crippen LogP contribution in [0.25, 0.3) is 0 Å². The number of rotatable bonds is 5. The Hall–Kier alpha value is -1.40. The predicted molar refractivity (Wildman–Crippen MR) is 90.4 cm³/mol. The van der Waals surface area contributed by atoms with Gasteiger partial charge in [0.05, 0.1) is 10.3 Å². The fourth-order valence-electron chi connectivity index (χ4n) is 3.10. The molecule has 6 heteroatoms. The standard InChI is InChI=1S/C17H26N2O3S/c1-4-17(16(18)20)9-11-19(12-10-17)23(21,22)15-7-5-14(6-8-15)13(2)3/h5-8,13H,4,9-12H2,1-3H3,(H2,18,20). The van der Waals surface area contributed by atoms with E-state index in [0.29, 0.717) is 43.2 Å². The van der Waals surface area contributed by atoms with E-state index in [2.05, 4.69) is 13.8 Å². The molecular weight excluding hydrogens is 312 g/mol. The second kappa shape index (κ2) is 6.61. The van der Waals surface area contributed by atoms with Gasteiger partial charge >= 0.3 is 0 Å². The summed E-state index contributed by atoms with van der Waals surface area (Å²) in [5.41, 5.74) is 6.07. The Kier molecular flexibility index (Phi) is 5.16. The Labute approximate surface area is 138 Å². The van der Waals surface area contributed by atoms with Crippen molar-refractivity contribution < 1.29 is 13.2 Å². The van der Waals surface area contributed by atoms with Crippen molar-refractivity contribution >= 4 is 15.9 Å². The Morgan fingerprint density at radius 2 is 1.74 bits per heavy atom. The van der Waals surface area contributed by atoms with Gasteiger partial charge in [-0.3, -0.25) is 4.79 Å². The van der Waals surface area contributed by atoms with Crippen LogP contribution in [-0.4, -0.2) is 31.7 Å². The van der Waals surface area contributed by atoms with Gasteiger partial charge in [0.25, 0.3) is 0 Å². The number of carbonyl (C=O) groups excluding carboxylic acids is 1. The van der Waals surface area contributed by atoms with E-state index in [4.69, 9.17) is 5.73 Å². The summed E-state index contributed by atoms with van der Waals surface area (Å²) in [6, 6.07) is 7.06. The van der Waals surface area contributed by atoms with Crippen LogP contribution in [-0.2, 0) is 14.8 Å². The molecule has 0 aromatic heterocycles. The molecule has 0 aliphatic carbocycles. The smallest absolute Gasteiger partial charge is 0.243 e. The molecule has 1 saturated heterocycles. The molecule has 1 aliphatic rings. The van der Waals surface area contributed by atoms with Crippen LogP contribution in [0.1, 0.15) is 51.5 Å². The molecule has 2 rings (SSSR count). The second-order valence-electron chi connectivity index (χ2n) is 6.63. The van der Waals surface area contributed by atoms with E-state index in [-0.39, 0.29) is 5.91 Å². The SMILES string of the molecule is CCC1(C(N)=O)CCN(S(=O)(=O)c2ccc(C(C)C)cc2)CC1. The molecular formula is C17H26N2O3S. The molecule has 0 spiro atoms. The van der Waals surface area contributed by atoms with Crippen molar-refractivity contribution in [3.05, 3.63) is 29.8 Å². The van der Waals surface area contributed by atoms with Crippen LogP contribution in [0.4, 0.5) is 0 Å². The van der Waals surface area contributed by atoms with Gasteiger partial charge in [0.15, 0.2) is 0 Å². The van der Waals surface area contributed by atoms with E-state index in [1.165, 1.54) is 4.31 Å². The number of hydrogen-bond acceptors (Lipinski definition) is 3. The molecule has 1 aromatic carbocycles. The first-order chi connectivity index (χ1) is 10.7. The first-order valence-corrected chi connectivity index (χ1v) is 9.57. The number of primary amides is 1. The Balaban J connectivity index is 2.17. The molecule has 1 aromatic rings. The largest absolute Gasteiger partial charge is 0.369 e. The second-order valence-corrected chi connectivity index (χ2v) is 8.56. The number of nitrogens with two attached hydrogens (primary N) is 1. The maximum atomic E-state index is 12.7. The van der Waals surface area contributed by atoms with Crippen molar-refractivity contribution in [2.75, 3.05) is 13.1 Å². The van der Waals surface area contributed by atoms with Gasteiger partial charge in [0.1, 0.15) is 0 Å². The molecule has 1 aliphatic heterocycles. The van der Waals surface area contributed by atoms with Crippen LogP contribution >= 0.6 is 0 Å². The summed E-state index contributed by atoms with van der Waals surface area (Å²) in [5, 5.41) is 0. The minimum absolute atomic E-state index is 0.310. The van der Waals surface area contributed by atoms with Crippen molar-refractivity contribution in [1.29, 1.82) is 0 Å². The van der Waals surface area contributed by atoms with Crippen molar-refractivity contribution in [2.24, 2.45) is 11.1 Å². The summed E-state index contributed by atoms with van der Waals surface area (Å²) in [6.45, 7) is 6.75. The number of benzene rings is 1. The third-order valence-corrected chi connectivity index (χ3v) is 6.98. The highest BCUT2D eigenvalue weighted by Gasteiger charge is 2.41. The van der Waals surface area contributed by atoms with Crippen molar-refractivity contribution in [3.63, 3.8) is 0 Å². The average Bonchev–Trinajstić information content (AvgIpc) is 2.54. The summed E-state index contributed by atoms with van der Waals surface area (Å²) in [5.74, 6) is 0.0424. The lowest BCUT2D eigenvalue weighted by molar-refractivity contribution is -0.130. The summed E-state index contributed by atoms with van der Waals surface area (Å²) >= 11 is 0. The fourth-order valence-corrected chi connectivity index (χ4v) is 4.54. The number of nitrogens with zero attached hydrogens (tertiary/aromatic N) is 1. The van der Waals surface area contributed by atoms with Gasteiger partial charge in [-0.25, -0.2) is 8.42 Å². The van der Waals surface area contributed by atoms with Gasteiger partial charge in [-0.2, -0.15) is 4.31 Å². The number of piperidine rings is 1. The van der Waals surface area contributed by atoms with E-state index in [0.717, 1.165) is 5.56 Å². The molecule has 0 saturated carbocycles. The number of sulfonamides is 1. The van der Waals surface area contributed by atoms with Gasteiger partial charge in [0, 0.05) is 13.1 Å². The quantitative estimate of drug-likeness (QED) is 0.895.